The molecule has 1 aliphatic heterocycles. The summed E-state index contributed by atoms with van der Waals surface area (Å²) in [5.41, 5.74) is 1.20. The van der Waals surface area contributed by atoms with Gasteiger partial charge in [0.2, 0.25) is 5.91 Å². The van der Waals surface area contributed by atoms with E-state index >= 15 is 0 Å². The smallest absolute Gasteiger partial charge is 0.219 e. The first-order valence-electron chi connectivity index (χ1n) is 9.09. The van der Waals surface area contributed by atoms with Crippen LogP contribution in [0.1, 0.15) is 20.8 Å². The molecule has 0 aliphatic carbocycles. The van der Waals surface area contributed by atoms with Crippen LogP contribution in [0.2, 0.25) is 0 Å². The maximum Gasteiger partial charge on any atom is 0.219 e. The first kappa shape index (κ1) is 19.1. The van der Waals surface area contributed by atoms with Gasteiger partial charge in [0.1, 0.15) is 0 Å². The Morgan fingerprint density at radius 2 is 1.80 bits per heavy atom. The van der Waals surface area contributed by atoms with Gasteiger partial charge in [-0.05, 0) is 26.0 Å². The summed E-state index contributed by atoms with van der Waals surface area (Å²) in [6.45, 7) is 10.7. The first-order valence-corrected chi connectivity index (χ1v) is 9.09. The number of nitrogens with zero attached hydrogens (tertiary/aromatic N) is 4. The quantitative estimate of drug-likeness (QED) is 0.651. The fraction of sp³-hybridized carbons (Fsp3) is 0.579. The SMILES string of the molecule is CCNC(=NCC(C)N(C)c1ccccc1)N1CCN(C(C)=O)CC1. The number of amides is 1. The predicted molar refractivity (Wildman–Crippen MR) is 104 cm³/mol. The number of carbonyl (C=O) groups excluding carboxylic acids is 1. The van der Waals surface area contributed by atoms with Crippen LogP contribution in [0.4, 0.5) is 5.69 Å². The second-order valence-corrected chi connectivity index (χ2v) is 6.48. The van der Waals surface area contributed by atoms with Gasteiger partial charge >= 0.3 is 0 Å². The van der Waals surface area contributed by atoms with Crippen molar-refractivity contribution in [2.75, 3.05) is 51.2 Å². The summed E-state index contributed by atoms with van der Waals surface area (Å²) in [5, 5.41) is 3.38. The van der Waals surface area contributed by atoms with Gasteiger partial charge in [-0.25, -0.2) is 0 Å². The molecule has 6 heteroatoms. The summed E-state index contributed by atoms with van der Waals surface area (Å²) < 4.78 is 0. The van der Waals surface area contributed by atoms with Crippen LogP contribution >= 0.6 is 0 Å². The van der Waals surface area contributed by atoms with Crippen molar-refractivity contribution in [2.24, 2.45) is 4.99 Å². The van der Waals surface area contributed by atoms with E-state index in [9.17, 15) is 4.79 Å². The minimum absolute atomic E-state index is 0.152. The van der Waals surface area contributed by atoms with Gasteiger partial charge in [0, 0.05) is 58.4 Å². The Morgan fingerprint density at radius 3 is 2.36 bits per heavy atom. The molecular formula is C19H31N5O. The molecule has 1 amide bonds. The van der Waals surface area contributed by atoms with Crippen molar-refractivity contribution in [3.05, 3.63) is 30.3 Å². The van der Waals surface area contributed by atoms with Crippen molar-refractivity contribution in [3.63, 3.8) is 0 Å². The molecule has 0 radical (unpaired) electrons. The highest BCUT2D eigenvalue weighted by atomic mass is 16.2. The van der Waals surface area contributed by atoms with E-state index in [1.807, 2.05) is 11.0 Å². The lowest BCUT2D eigenvalue weighted by molar-refractivity contribution is -0.130. The van der Waals surface area contributed by atoms with Crippen LogP contribution in [-0.4, -0.2) is 74.0 Å². The summed E-state index contributed by atoms with van der Waals surface area (Å²) in [6, 6.07) is 10.7. The number of aliphatic imine (C=N–C) groups is 1. The molecule has 25 heavy (non-hydrogen) atoms. The topological polar surface area (TPSA) is 51.2 Å². The number of rotatable bonds is 5. The van der Waals surface area contributed by atoms with Gasteiger partial charge in [0.05, 0.1) is 6.54 Å². The molecule has 1 unspecified atom stereocenters. The molecular weight excluding hydrogens is 314 g/mol. The minimum Gasteiger partial charge on any atom is -0.370 e. The van der Waals surface area contributed by atoms with Crippen LogP contribution in [0.25, 0.3) is 0 Å². The maximum absolute atomic E-state index is 11.5. The molecule has 1 heterocycles. The fourth-order valence-corrected chi connectivity index (χ4v) is 2.92. The summed E-state index contributed by atoms with van der Waals surface area (Å²) in [5.74, 6) is 1.10. The Bertz CT molecular complexity index is 566. The first-order chi connectivity index (χ1) is 12.0. The predicted octanol–water partition coefficient (Wildman–Crippen LogP) is 1.64. The number of hydrogen-bond acceptors (Lipinski definition) is 3. The zero-order valence-corrected chi connectivity index (χ0v) is 15.9. The van der Waals surface area contributed by atoms with Crippen molar-refractivity contribution in [1.29, 1.82) is 0 Å². The molecule has 1 N–H and O–H groups in total. The lowest BCUT2D eigenvalue weighted by Crippen LogP contribution is -2.53. The second-order valence-electron chi connectivity index (χ2n) is 6.48. The third-order valence-corrected chi connectivity index (χ3v) is 4.69. The number of carbonyl (C=O) groups is 1. The lowest BCUT2D eigenvalue weighted by atomic mass is 10.2. The molecule has 138 valence electrons. The van der Waals surface area contributed by atoms with Crippen LogP contribution in [-0.2, 0) is 4.79 Å². The van der Waals surface area contributed by atoms with E-state index in [0.717, 1.165) is 45.2 Å². The number of anilines is 1. The normalized spacial score (nSPS) is 16.6. The Hall–Kier alpha value is -2.24. The van der Waals surface area contributed by atoms with E-state index < -0.39 is 0 Å². The standard InChI is InChI=1S/C19H31N5O/c1-5-20-19(24-13-11-23(12-14-24)17(3)25)21-15-16(2)22(4)18-9-7-6-8-10-18/h6-10,16H,5,11-15H2,1-4H3,(H,20,21). The van der Waals surface area contributed by atoms with Gasteiger partial charge in [0.15, 0.2) is 5.96 Å². The Morgan fingerprint density at radius 1 is 1.20 bits per heavy atom. The fourth-order valence-electron chi connectivity index (χ4n) is 2.92. The summed E-state index contributed by atoms with van der Waals surface area (Å²) in [7, 11) is 2.11. The molecule has 1 fully saturated rings. The van der Waals surface area contributed by atoms with E-state index in [-0.39, 0.29) is 5.91 Å². The van der Waals surface area contributed by atoms with Crippen molar-refractivity contribution in [1.82, 2.24) is 15.1 Å². The van der Waals surface area contributed by atoms with E-state index in [1.165, 1.54) is 5.69 Å². The maximum atomic E-state index is 11.5. The summed E-state index contributed by atoms with van der Waals surface area (Å²) in [4.78, 5) is 22.7. The van der Waals surface area contributed by atoms with Gasteiger partial charge in [-0.3, -0.25) is 9.79 Å². The monoisotopic (exact) mass is 345 g/mol. The highest BCUT2D eigenvalue weighted by Gasteiger charge is 2.21. The van der Waals surface area contributed by atoms with Gasteiger partial charge in [0.25, 0.3) is 0 Å². The molecule has 1 aliphatic rings. The van der Waals surface area contributed by atoms with Crippen molar-refractivity contribution < 1.29 is 4.79 Å². The molecule has 0 bridgehead atoms. The van der Waals surface area contributed by atoms with Gasteiger partial charge < -0.3 is 20.0 Å². The van der Waals surface area contributed by atoms with Gasteiger partial charge in [-0.1, -0.05) is 18.2 Å². The molecule has 1 atom stereocenters. The number of piperazine rings is 1. The molecule has 2 rings (SSSR count). The minimum atomic E-state index is 0.152. The summed E-state index contributed by atoms with van der Waals surface area (Å²) >= 11 is 0. The third kappa shape index (κ3) is 5.37. The largest absolute Gasteiger partial charge is 0.370 e. The summed E-state index contributed by atoms with van der Waals surface area (Å²) in [6.07, 6.45) is 0. The average molecular weight is 345 g/mol. The second kappa shape index (κ2) is 9.30. The zero-order valence-electron chi connectivity index (χ0n) is 15.9. The van der Waals surface area contributed by atoms with Crippen LogP contribution in [0.15, 0.2) is 35.3 Å². The Balaban J connectivity index is 1.96. The lowest BCUT2D eigenvalue weighted by Gasteiger charge is -2.36. The highest BCUT2D eigenvalue weighted by molar-refractivity contribution is 5.80. The molecule has 0 saturated carbocycles. The van der Waals surface area contributed by atoms with Gasteiger partial charge in [-0.15, -0.1) is 0 Å². The Labute approximate surface area is 151 Å². The number of benzene rings is 1. The zero-order chi connectivity index (χ0) is 18.2. The van der Waals surface area contributed by atoms with Crippen molar-refractivity contribution in [3.8, 4) is 0 Å². The highest BCUT2D eigenvalue weighted by Crippen LogP contribution is 2.14. The number of guanidine groups is 1. The van der Waals surface area contributed by atoms with Crippen molar-refractivity contribution >= 4 is 17.6 Å². The number of nitrogens with one attached hydrogen (secondary N) is 1. The molecule has 0 aromatic heterocycles. The number of hydrogen-bond donors (Lipinski definition) is 1. The average Bonchev–Trinajstić information content (AvgIpc) is 2.65. The van der Waals surface area contributed by atoms with E-state index in [1.54, 1.807) is 6.92 Å². The van der Waals surface area contributed by atoms with E-state index in [4.69, 9.17) is 4.99 Å². The third-order valence-electron chi connectivity index (χ3n) is 4.69. The molecule has 1 saturated heterocycles. The van der Waals surface area contributed by atoms with Crippen LogP contribution in [0, 0.1) is 0 Å². The number of para-hydroxylation sites is 1. The van der Waals surface area contributed by atoms with Gasteiger partial charge in [-0.2, -0.15) is 0 Å². The van der Waals surface area contributed by atoms with Crippen LogP contribution < -0.4 is 10.2 Å². The molecule has 6 nitrogen and oxygen atoms in total. The van der Waals surface area contributed by atoms with E-state index in [0.29, 0.717) is 6.04 Å². The number of likely N-dealkylation sites (N-methyl/N-ethyl adjacent to an activating group) is 1. The van der Waals surface area contributed by atoms with Crippen LogP contribution in [0.5, 0.6) is 0 Å². The van der Waals surface area contributed by atoms with E-state index in [2.05, 4.69) is 60.3 Å². The van der Waals surface area contributed by atoms with Crippen molar-refractivity contribution in [2.45, 2.75) is 26.8 Å². The van der Waals surface area contributed by atoms with Crippen LogP contribution in [0.3, 0.4) is 0 Å². The molecule has 0 spiro atoms. The Kier molecular flexibility index (Phi) is 7.10. The molecule has 1 aromatic carbocycles. The molecule has 1 aromatic rings.